The van der Waals surface area contributed by atoms with Crippen molar-refractivity contribution in [3.05, 3.63) is 35.9 Å². The second-order valence-electron chi connectivity index (χ2n) is 8.89. The van der Waals surface area contributed by atoms with Gasteiger partial charge in [-0.05, 0) is 77.0 Å². The predicted octanol–water partition coefficient (Wildman–Crippen LogP) is 2.92. The standard InChI is InChI=1S/3C8H13NO2.Fe/c3*1-6(10)4-8(11)9-5-7-2-3-7;/h3*4,7,9,11H,2-3,5H2,1H3;. The van der Waals surface area contributed by atoms with Crippen LogP contribution in [0.4, 0.5) is 0 Å². The van der Waals surface area contributed by atoms with Gasteiger partial charge in [0.15, 0.2) is 35.0 Å². The van der Waals surface area contributed by atoms with E-state index in [2.05, 4.69) is 16.0 Å². The molecule has 0 heterocycles. The van der Waals surface area contributed by atoms with E-state index in [0.29, 0.717) is 17.8 Å². The van der Waals surface area contributed by atoms with Crippen LogP contribution in [0.5, 0.6) is 0 Å². The molecule has 3 saturated carbocycles. The number of aliphatic hydroxyl groups excluding tert-OH is 3. The Morgan fingerprint density at radius 2 is 0.794 bits per heavy atom. The number of nitrogens with one attached hydrogen (secondary N) is 3. The fourth-order valence-corrected chi connectivity index (χ4v) is 2.44. The van der Waals surface area contributed by atoms with Crippen molar-refractivity contribution in [2.45, 2.75) is 59.3 Å². The maximum Gasteiger partial charge on any atom is 0.187 e. The Hall–Kier alpha value is -2.45. The first-order chi connectivity index (χ1) is 15.5. The minimum absolute atomic E-state index is 0. The molecule has 10 heteroatoms. The first-order valence-corrected chi connectivity index (χ1v) is 11.5. The maximum atomic E-state index is 10.4. The van der Waals surface area contributed by atoms with Gasteiger partial charge in [-0.15, -0.1) is 0 Å². The number of carbonyl (C=O) groups is 3. The molecule has 0 saturated heterocycles. The van der Waals surface area contributed by atoms with Crippen molar-refractivity contribution in [3.63, 3.8) is 0 Å². The van der Waals surface area contributed by atoms with E-state index in [9.17, 15) is 14.4 Å². The third-order valence-corrected chi connectivity index (χ3v) is 4.83. The van der Waals surface area contributed by atoms with E-state index >= 15 is 0 Å². The van der Waals surface area contributed by atoms with Crippen LogP contribution in [0.2, 0.25) is 0 Å². The zero-order valence-electron chi connectivity index (χ0n) is 20.2. The summed E-state index contributed by atoms with van der Waals surface area (Å²) in [4.78, 5) is 31.3. The minimum Gasteiger partial charge on any atom is -0.495 e. The summed E-state index contributed by atoms with van der Waals surface area (Å²) in [6.45, 7) is 6.60. The number of rotatable bonds is 12. The van der Waals surface area contributed by atoms with Gasteiger partial charge in [-0.2, -0.15) is 0 Å². The molecule has 0 aromatic rings. The minimum atomic E-state index is -0.134. The van der Waals surface area contributed by atoms with Gasteiger partial charge in [0.2, 0.25) is 0 Å². The Morgan fingerprint density at radius 3 is 0.941 bits per heavy atom. The van der Waals surface area contributed by atoms with Crippen LogP contribution in [0.15, 0.2) is 35.9 Å². The van der Waals surface area contributed by atoms with Crippen molar-refractivity contribution >= 4 is 17.3 Å². The molecule has 34 heavy (non-hydrogen) atoms. The smallest absolute Gasteiger partial charge is 0.187 e. The van der Waals surface area contributed by atoms with Gasteiger partial charge < -0.3 is 31.3 Å². The van der Waals surface area contributed by atoms with Crippen LogP contribution in [-0.4, -0.2) is 52.3 Å². The molecule has 194 valence electrons. The Balaban J connectivity index is 0.000000473. The summed E-state index contributed by atoms with van der Waals surface area (Å²) in [7, 11) is 0. The molecule has 3 fully saturated rings. The van der Waals surface area contributed by atoms with Gasteiger partial charge in [0.05, 0.1) is 0 Å². The van der Waals surface area contributed by atoms with Gasteiger partial charge in [0.25, 0.3) is 0 Å². The molecular formula is C24H39FeN3O6. The van der Waals surface area contributed by atoms with Gasteiger partial charge in [0.1, 0.15) is 0 Å². The van der Waals surface area contributed by atoms with Crippen molar-refractivity contribution in [3.8, 4) is 0 Å². The Kier molecular flexibility index (Phi) is 15.8. The average Bonchev–Trinajstić information content (AvgIpc) is 3.54. The number of ketones is 3. The molecule has 0 radical (unpaired) electrons. The monoisotopic (exact) mass is 521 g/mol. The van der Waals surface area contributed by atoms with Crippen LogP contribution >= 0.6 is 0 Å². The van der Waals surface area contributed by atoms with E-state index in [4.69, 9.17) is 15.3 Å². The molecule has 0 unspecified atom stereocenters. The van der Waals surface area contributed by atoms with Crippen molar-refractivity contribution in [1.82, 2.24) is 16.0 Å². The second-order valence-corrected chi connectivity index (χ2v) is 8.89. The molecule has 0 bridgehead atoms. The van der Waals surface area contributed by atoms with Gasteiger partial charge in [-0.25, -0.2) is 0 Å². The summed E-state index contributed by atoms with van der Waals surface area (Å²) in [6, 6.07) is 0. The van der Waals surface area contributed by atoms with E-state index in [1.807, 2.05) is 0 Å². The van der Waals surface area contributed by atoms with E-state index in [1.165, 1.54) is 77.5 Å². The number of hydrogen-bond acceptors (Lipinski definition) is 9. The van der Waals surface area contributed by atoms with Crippen LogP contribution in [0.1, 0.15) is 59.3 Å². The molecular weight excluding hydrogens is 482 g/mol. The van der Waals surface area contributed by atoms with Gasteiger partial charge in [0, 0.05) is 54.9 Å². The molecule has 0 amide bonds. The van der Waals surface area contributed by atoms with Crippen LogP contribution in [0.25, 0.3) is 0 Å². The fourth-order valence-electron chi connectivity index (χ4n) is 2.44. The zero-order valence-corrected chi connectivity index (χ0v) is 21.4. The fraction of sp³-hybridized carbons (Fsp3) is 0.625. The predicted molar refractivity (Wildman–Crippen MR) is 126 cm³/mol. The first-order valence-electron chi connectivity index (χ1n) is 11.5. The van der Waals surface area contributed by atoms with Gasteiger partial charge in [-0.1, -0.05) is 0 Å². The van der Waals surface area contributed by atoms with E-state index in [0.717, 1.165) is 19.6 Å². The third-order valence-electron chi connectivity index (χ3n) is 4.83. The molecule has 0 spiro atoms. The molecule has 3 aliphatic rings. The van der Waals surface area contributed by atoms with Crippen LogP contribution in [0.3, 0.4) is 0 Å². The SMILES string of the molecule is CC(=O)C=C(O)NCC1CC1.CC(=O)C=C(O)NCC1CC1.CC(=O)C=C(O)NCC1CC1.[Fe]. The molecule has 0 aromatic heterocycles. The zero-order chi connectivity index (χ0) is 24.8. The molecule has 0 aromatic carbocycles. The number of allylic oxidation sites excluding steroid dienone is 3. The molecule has 3 aliphatic carbocycles. The number of aliphatic hydroxyl groups is 3. The van der Waals surface area contributed by atoms with E-state index in [1.54, 1.807) is 0 Å². The molecule has 0 aliphatic heterocycles. The van der Waals surface area contributed by atoms with Crippen molar-refractivity contribution in [2.75, 3.05) is 19.6 Å². The van der Waals surface area contributed by atoms with Gasteiger partial charge >= 0.3 is 0 Å². The van der Waals surface area contributed by atoms with Crippen LogP contribution < -0.4 is 16.0 Å². The van der Waals surface area contributed by atoms with Gasteiger partial charge in [-0.3, -0.25) is 14.4 Å². The normalized spacial score (nSPS) is 17.6. The van der Waals surface area contributed by atoms with Crippen LogP contribution in [0, 0.1) is 17.8 Å². The van der Waals surface area contributed by atoms with Crippen LogP contribution in [-0.2, 0) is 31.5 Å². The summed E-state index contributed by atoms with van der Waals surface area (Å²) >= 11 is 0. The van der Waals surface area contributed by atoms with Crippen molar-refractivity contribution in [1.29, 1.82) is 0 Å². The summed E-state index contributed by atoms with van der Waals surface area (Å²) in [5, 5.41) is 35.4. The van der Waals surface area contributed by atoms with Crippen molar-refractivity contribution in [2.24, 2.45) is 17.8 Å². The number of hydrogen-bond donors (Lipinski definition) is 6. The Labute approximate surface area is 212 Å². The van der Waals surface area contributed by atoms with E-state index < -0.39 is 0 Å². The summed E-state index contributed by atoms with van der Waals surface area (Å²) in [5.41, 5.74) is 0. The quantitative estimate of drug-likeness (QED) is 0.130. The first kappa shape index (κ1) is 31.5. The molecule has 3 rings (SSSR count). The van der Waals surface area contributed by atoms with Crippen molar-refractivity contribution < 1.29 is 46.8 Å². The molecule has 9 nitrogen and oxygen atoms in total. The summed E-state index contributed by atoms with van der Waals surface area (Å²) < 4.78 is 0. The van der Waals surface area contributed by atoms with E-state index in [-0.39, 0.29) is 52.1 Å². The summed E-state index contributed by atoms with van der Waals surface area (Å²) in [5.74, 6) is 1.69. The number of carbonyl (C=O) groups excluding carboxylic acids is 3. The topological polar surface area (TPSA) is 148 Å². The average molecular weight is 521 g/mol. The molecule has 6 N–H and O–H groups in total. The Morgan fingerprint density at radius 1 is 0.588 bits per heavy atom. The Bertz CT molecular complexity index is 654. The second kappa shape index (κ2) is 17.1. The molecule has 0 atom stereocenters. The third kappa shape index (κ3) is 21.4. The largest absolute Gasteiger partial charge is 0.495 e. The summed E-state index contributed by atoms with van der Waals surface area (Å²) in [6.07, 6.45) is 11.0. The maximum absolute atomic E-state index is 10.4.